The van der Waals surface area contributed by atoms with Gasteiger partial charge in [0.15, 0.2) is 0 Å². The van der Waals surface area contributed by atoms with E-state index in [-0.39, 0.29) is 23.8 Å². The van der Waals surface area contributed by atoms with Crippen LogP contribution >= 0.6 is 0 Å². The molecular weight excluding hydrogens is 268 g/mol. The van der Waals surface area contributed by atoms with Gasteiger partial charge in [0.1, 0.15) is 0 Å². The van der Waals surface area contributed by atoms with Gasteiger partial charge in [-0.15, -0.1) is 0 Å². The summed E-state index contributed by atoms with van der Waals surface area (Å²) in [7, 11) is 0. The Kier molecular flexibility index (Phi) is 5.27. The molecule has 0 aliphatic carbocycles. The lowest BCUT2D eigenvalue weighted by molar-refractivity contribution is -0.131. The summed E-state index contributed by atoms with van der Waals surface area (Å²) in [6.45, 7) is 2.97. The molecule has 2 atom stereocenters. The minimum absolute atomic E-state index is 0.0211. The molecule has 1 aromatic heterocycles. The number of carbonyl (C=O) groups excluding carboxylic acids is 2. The van der Waals surface area contributed by atoms with Gasteiger partial charge in [0.25, 0.3) is 0 Å². The molecule has 6 heteroatoms. The first-order valence-electron chi connectivity index (χ1n) is 7.24. The van der Waals surface area contributed by atoms with E-state index in [1.54, 1.807) is 17.3 Å². The Morgan fingerprint density at radius 1 is 1.33 bits per heavy atom. The highest BCUT2D eigenvalue weighted by Gasteiger charge is 2.28. The van der Waals surface area contributed by atoms with Gasteiger partial charge in [-0.25, -0.2) is 0 Å². The van der Waals surface area contributed by atoms with E-state index < -0.39 is 0 Å². The fourth-order valence-electron chi connectivity index (χ4n) is 2.53. The van der Waals surface area contributed by atoms with Crippen LogP contribution in [-0.2, 0) is 16.1 Å². The second-order valence-electron chi connectivity index (χ2n) is 5.53. The molecule has 21 heavy (non-hydrogen) atoms. The summed E-state index contributed by atoms with van der Waals surface area (Å²) < 4.78 is 0. The molecule has 3 N–H and O–H groups in total. The maximum absolute atomic E-state index is 12.3. The summed E-state index contributed by atoms with van der Waals surface area (Å²) in [6, 6.07) is 3.68. The van der Waals surface area contributed by atoms with E-state index in [0.717, 1.165) is 12.0 Å². The first-order valence-corrected chi connectivity index (χ1v) is 7.24. The topological polar surface area (TPSA) is 88.3 Å². The number of hydrogen-bond donors (Lipinski definition) is 2. The summed E-state index contributed by atoms with van der Waals surface area (Å²) in [5.74, 6) is -0.240. The molecule has 2 amide bonds. The monoisotopic (exact) mass is 290 g/mol. The SMILES string of the molecule is CC(=O)N1C[C@@H](N)CC[C@@H](C(=O)NCc2ccncc2)C1. The van der Waals surface area contributed by atoms with Crippen LogP contribution in [0.4, 0.5) is 0 Å². The van der Waals surface area contributed by atoms with Crippen LogP contribution in [0.25, 0.3) is 0 Å². The van der Waals surface area contributed by atoms with Gasteiger partial charge in [0.05, 0.1) is 5.92 Å². The van der Waals surface area contributed by atoms with Gasteiger partial charge in [-0.05, 0) is 30.5 Å². The summed E-state index contributed by atoms with van der Waals surface area (Å²) in [5.41, 5.74) is 6.96. The molecule has 2 rings (SSSR count). The molecule has 0 spiro atoms. The molecule has 6 nitrogen and oxygen atoms in total. The van der Waals surface area contributed by atoms with E-state index in [4.69, 9.17) is 5.73 Å². The Balaban J connectivity index is 1.92. The number of pyridine rings is 1. The molecule has 0 saturated carbocycles. The second-order valence-corrected chi connectivity index (χ2v) is 5.53. The maximum Gasteiger partial charge on any atom is 0.225 e. The number of nitrogens with zero attached hydrogens (tertiary/aromatic N) is 2. The number of amides is 2. The molecular formula is C15H22N4O2. The standard InChI is InChI=1S/C15H22N4O2/c1-11(20)19-9-13(2-3-14(16)10-19)15(21)18-8-12-4-6-17-7-5-12/h4-7,13-14H,2-3,8-10,16H2,1H3,(H,18,21)/t13-,14+/m1/s1. The van der Waals surface area contributed by atoms with E-state index in [2.05, 4.69) is 10.3 Å². The van der Waals surface area contributed by atoms with Crippen molar-refractivity contribution in [3.63, 3.8) is 0 Å². The fraction of sp³-hybridized carbons (Fsp3) is 0.533. The molecule has 1 saturated heterocycles. The number of aromatic nitrogens is 1. The van der Waals surface area contributed by atoms with Crippen LogP contribution in [0.5, 0.6) is 0 Å². The van der Waals surface area contributed by atoms with E-state index in [9.17, 15) is 9.59 Å². The lowest BCUT2D eigenvalue weighted by Crippen LogP contribution is -2.42. The minimum Gasteiger partial charge on any atom is -0.352 e. The Morgan fingerprint density at radius 3 is 2.71 bits per heavy atom. The molecule has 1 aromatic rings. The van der Waals surface area contributed by atoms with Crippen LogP contribution in [-0.4, -0.2) is 40.8 Å². The number of nitrogens with two attached hydrogens (primary N) is 1. The van der Waals surface area contributed by atoms with Crippen molar-refractivity contribution < 1.29 is 9.59 Å². The molecule has 2 heterocycles. The van der Waals surface area contributed by atoms with Crippen molar-refractivity contribution in [3.8, 4) is 0 Å². The molecule has 1 aliphatic heterocycles. The number of rotatable bonds is 3. The predicted molar refractivity (Wildman–Crippen MR) is 79.0 cm³/mol. The van der Waals surface area contributed by atoms with Crippen LogP contribution in [0.15, 0.2) is 24.5 Å². The normalized spacial score (nSPS) is 22.5. The van der Waals surface area contributed by atoms with Crippen molar-refractivity contribution >= 4 is 11.8 Å². The zero-order chi connectivity index (χ0) is 15.2. The second kappa shape index (κ2) is 7.17. The third kappa shape index (κ3) is 4.53. The highest BCUT2D eigenvalue weighted by atomic mass is 16.2. The molecule has 114 valence electrons. The predicted octanol–water partition coefficient (Wildman–Crippen LogP) is 0.284. The van der Waals surface area contributed by atoms with Gasteiger partial charge >= 0.3 is 0 Å². The van der Waals surface area contributed by atoms with Crippen LogP contribution < -0.4 is 11.1 Å². The van der Waals surface area contributed by atoms with E-state index in [1.165, 1.54) is 6.92 Å². The van der Waals surface area contributed by atoms with Crippen LogP contribution in [0.1, 0.15) is 25.3 Å². The summed E-state index contributed by atoms with van der Waals surface area (Å²) in [6.07, 6.45) is 4.87. The molecule has 0 radical (unpaired) electrons. The molecule has 0 aromatic carbocycles. The lowest BCUT2D eigenvalue weighted by atomic mass is 10.0. The highest BCUT2D eigenvalue weighted by molar-refractivity contribution is 5.80. The number of likely N-dealkylation sites (tertiary alicyclic amines) is 1. The Morgan fingerprint density at radius 2 is 2.05 bits per heavy atom. The Labute approximate surface area is 124 Å². The summed E-state index contributed by atoms with van der Waals surface area (Å²) in [4.78, 5) is 29.5. The maximum atomic E-state index is 12.3. The quantitative estimate of drug-likeness (QED) is 0.837. The van der Waals surface area contributed by atoms with Gasteiger partial charge < -0.3 is 16.0 Å². The van der Waals surface area contributed by atoms with E-state index >= 15 is 0 Å². The first-order chi connectivity index (χ1) is 10.1. The minimum atomic E-state index is -0.190. The first kappa shape index (κ1) is 15.4. The molecule has 0 bridgehead atoms. The van der Waals surface area contributed by atoms with Crippen LogP contribution in [0.3, 0.4) is 0 Å². The number of nitrogens with one attached hydrogen (secondary N) is 1. The average molecular weight is 290 g/mol. The van der Waals surface area contributed by atoms with Gasteiger partial charge in [0, 0.05) is 45.0 Å². The Bertz CT molecular complexity index is 492. The molecule has 1 aliphatic rings. The highest BCUT2D eigenvalue weighted by Crippen LogP contribution is 2.16. The third-order valence-corrected chi connectivity index (χ3v) is 3.81. The lowest BCUT2D eigenvalue weighted by Gasteiger charge is -2.23. The summed E-state index contributed by atoms with van der Waals surface area (Å²) >= 11 is 0. The van der Waals surface area contributed by atoms with Crippen LogP contribution in [0, 0.1) is 5.92 Å². The zero-order valence-corrected chi connectivity index (χ0v) is 12.3. The van der Waals surface area contributed by atoms with Crippen molar-refractivity contribution in [3.05, 3.63) is 30.1 Å². The van der Waals surface area contributed by atoms with Crippen LogP contribution in [0.2, 0.25) is 0 Å². The number of hydrogen-bond acceptors (Lipinski definition) is 4. The van der Waals surface area contributed by atoms with Gasteiger partial charge in [-0.3, -0.25) is 14.6 Å². The van der Waals surface area contributed by atoms with Gasteiger partial charge in [-0.2, -0.15) is 0 Å². The van der Waals surface area contributed by atoms with Crippen molar-refractivity contribution in [2.75, 3.05) is 13.1 Å². The Hall–Kier alpha value is -1.95. The molecule has 0 unspecified atom stereocenters. The van der Waals surface area contributed by atoms with Gasteiger partial charge in [-0.1, -0.05) is 0 Å². The van der Waals surface area contributed by atoms with Crippen molar-refractivity contribution in [1.82, 2.24) is 15.2 Å². The zero-order valence-electron chi connectivity index (χ0n) is 12.3. The third-order valence-electron chi connectivity index (χ3n) is 3.81. The van der Waals surface area contributed by atoms with E-state index in [1.807, 2.05) is 12.1 Å². The largest absolute Gasteiger partial charge is 0.352 e. The molecule has 1 fully saturated rings. The van der Waals surface area contributed by atoms with Crippen molar-refractivity contribution in [2.45, 2.75) is 32.4 Å². The summed E-state index contributed by atoms with van der Waals surface area (Å²) in [5, 5.41) is 2.93. The average Bonchev–Trinajstić information content (AvgIpc) is 2.68. The fourth-order valence-corrected chi connectivity index (χ4v) is 2.53. The van der Waals surface area contributed by atoms with E-state index in [0.29, 0.717) is 26.1 Å². The van der Waals surface area contributed by atoms with Crippen molar-refractivity contribution in [1.29, 1.82) is 0 Å². The van der Waals surface area contributed by atoms with Gasteiger partial charge in [0.2, 0.25) is 11.8 Å². The van der Waals surface area contributed by atoms with Crippen molar-refractivity contribution in [2.24, 2.45) is 11.7 Å². The smallest absolute Gasteiger partial charge is 0.225 e. The number of carbonyl (C=O) groups is 2.